The van der Waals surface area contributed by atoms with Crippen LogP contribution in [0.3, 0.4) is 0 Å². The summed E-state index contributed by atoms with van der Waals surface area (Å²) in [5.41, 5.74) is 2.36. The van der Waals surface area contributed by atoms with Crippen LogP contribution in [0.4, 0.5) is 0 Å². The molecular formula is C13H21NSi. The molecule has 0 spiro atoms. The van der Waals surface area contributed by atoms with Gasteiger partial charge < -0.3 is 0 Å². The van der Waals surface area contributed by atoms with Crippen LogP contribution in [0.1, 0.15) is 18.5 Å². The second-order valence-corrected chi connectivity index (χ2v) is 10.8. The third-order valence-corrected chi connectivity index (χ3v) is 5.74. The Kier molecular flexibility index (Phi) is 2.73. The lowest BCUT2D eigenvalue weighted by Gasteiger charge is -2.14. The Morgan fingerprint density at radius 2 is 1.73 bits per heavy atom. The van der Waals surface area contributed by atoms with Gasteiger partial charge in [0.1, 0.15) is 0 Å². The molecule has 1 aliphatic heterocycles. The van der Waals surface area contributed by atoms with Crippen LogP contribution >= 0.6 is 0 Å². The maximum Gasteiger partial charge on any atom is 0.0663 e. The highest BCUT2D eigenvalue weighted by molar-refractivity contribution is 6.78. The molecule has 3 atom stereocenters. The number of nitrogens with zero attached hydrogens (tertiary/aromatic N) is 1. The highest BCUT2D eigenvalue weighted by Crippen LogP contribution is 2.47. The molecule has 0 bridgehead atoms. The van der Waals surface area contributed by atoms with E-state index in [1.165, 1.54) is 12.1 Å². The molecule has 1 fully saturated rings. The molecule has 15 heavy (non-hydrogen) atoms. The van der Waals surface area contributed by atoms with Gasteiger partial charge in [-0.1, -0.05) is 56.9 Å². The first-order valence-corrected chi connectivity index (χ1v) is 9.44. The second kappa shape index (κ2) is 3.76. The van der Waals surface area contributed by atoms with Gasteiger partial charge in [0, 0.05) is 11.7 Å². The first-order valence-electron chi connectivity index (χ1n) is 5.86. The van der Waals surface area contributed by atoms with E-state index in [0.29, 0.717) is 6.04 Å². The first kappa shape index (κ1) is 10.9. The van der Waals surface area contributed by atoms with E-state index >= 15 is 0 Å². The molecule has 1 aliphatic rings. The van der Waals surface area contributed by atoms with Crippen LogP contribution < -0.4 is 0 Å². The lowest BCUT2D eigenvalue weighted by atomic mass is 10.2. The van der Waals surface area contributed by atoms with Crippen molar-refractivity contribution in [3.63, 3.8) is 0 Å². The Hall–Kier alpha value is -0.603. The monoisotopic (exact) mass is 219 g/mol. The summed E-state index contributed by atoms with van der Waals surface area (Å²) in [5, 5.41) is 0. The predicted molar refractivity (Wildman–Crippen MR) is 68.7 cm³/mol. The molecule has 1 nitrogen and oxygen atoms in total. The zero-order valence-corrected chi connectivity index (χ0v) is 11.2. The molecule has 0 amide bonds. The Morgan fingerprint density at radius 1 is 1.13 bits per heavy atom. The van der Waals surface area contributed by atoms with Crippen LogP contribution in [0.2, 0.25) is 19.6 Å². The molecule has 0 N–H and O–H groups in total. The van der Waals surface area contributed by atoms with Gasteiger partial charge in [0.05, 0.1) is 8.07 Å². The van der Waals surface area contributed by atoms with Gasteiger partial charge in [-0.15, -0.1) is 0 Å². The van der Waals surface area contributed by atoms with Crippen molar-refractivity contribution in [3.05, 3.63) is 35.9 Å². The van der Waals surface area contributed by atoms with E-state index in [1.807, 2.05) is 0 Å². The topological polar surface area (TPSA) is 3.01 Å². The van der Waals surface area contributed by atoms with Gasteiger partial charge in [0.15, 0.2) is 0 Å². The molecule has 0 aromatic heterocycles. The molecule has 82 valence electrons. The second-order valence-electron chi connectivity index (χ2n) is 5.50. The molecule has 0 radical (unpaired) electrons. The van der Waals surface area contributed by atoms with E-state index in [-0.39, 0.29) is 0 Å². The molecule has 1 aromatic carbocycles. The average Bonchev–Trinajstić information content (AvgIpc) is 2.92. The summed E-state index contributed by atoms with van der Waals surface area (Å²) >= 11 is 0. The standard InChI is InChI=1S/C13H21NSi/c1-5-14-12(13(14)15(2,3)4)11-9-7-6-8-10-11/h6-10,12-13H,5H2,1-4H3/t12-,13+,14?/m0/s1. The summed E-state index contributed by atoms with van der Waals surface area (Å²) in [7, 11) is -1.03. The molecule has 1 unspecified atom stereocenters. The largest absolute Gasteiger partial charge is 0.293 e. The molecule has 1 aromatic rings. The van der Waals surface area contributed by atoms with E-state index < -0.39 is 8.07 Å². The summed E-state index contributed by atoms with van der Waals surface area (Å²) in [6, 6.07) is 11.7. The van der Waals surface area contributed by atoms with Crippen molar-refractivity contribution in [2.24, 2.45) is 0 Å². The van der Waals surface area contributed by atoms with Gasteiger partial charge in [0.25, 0.3) is 0 Å². The Labute approximate surface area is 94.1 Å². The molecule has 0 aliphatic carbocycles. The fourth-order valence-electron chi connectivity index (χ4n) is 2.66. The number of likely N-dealkylation sites (N-methyl/N-ethyl adjacent to an activating group) is 1. The van der Waals surface area contributed by atoms with Crippen LogP contribution in [0, 0.1) is 0 Å². The van der Waals surface area contributed by atoms with Crippen LogP contribution in [0.5, 0.6) is 0 Å². The van der Waals surface area contributed by atoms with Gasteiger partial charge in [0.2, 0.25) is 0 Å². The maximum absolute atomic E-state index is 2.64. The Balaban J connectivity index is 2.19. The number of hydrogen-bond donors (Lipinski definition) is 0. The third-order valence-electron chi connectivity index (χ3n) is 3.32. The maximum atomic E-state index is 2.64. The molecule has 1 heterocycles. The van der Waals surface area contributed by atoms with E-state index in [0.717, 1.165) is 5.67 Å². The predicted octanol–water partition coefficient (Wildman–Crippen LogP) is 3.31. The fourth-order valence-corrected chi connectivity index (χ4v) is 5.25. The number of benzene rings is 1. The normalized spacial score (nSPS) is 30.3. The summed E-state index contributed by atoms with van der Waals surface area (Å²) in [6.45, 7) is 10.9. The minimum Gasteiger partial charge on any atom is -0.293 e. The summed E-state index contributed by atoms with van der Waals surface area (Å²) in [5.74, 6) is 0. The van der Waals surface area contributed by atoms with E-state index in [1.54, 1.807) is 0 Å². The molecule has 2 heteroatoms. The molecule has 0 saturated carbocycles. The van der Waals surface area contributed by atoms with Crippen LogP contribution in [-0.2, 0) is 0 Å². The Bertz CT molecular complexity index is 328. The van der Waals surface area contributed by atoms with Crippen molar-refractivity contribution < 1.29 is 0 Å². The summed E-state index contributed by atoms with van der Waals surface area (Å²) in [6.07, 6.45) is 0. The lowest BCUT2D eigenvalue weighted by Crippen LogP contribution is -2.32. The van der Waals surface area contributed by atoms with E-state index in [2.05, 4.69) is 61.8 Å². The minimum atomic E-state index is -1.03. The van der Waals surface area contributed by atoms with Crippen molar-refractivity contribution in [1.82, 2.24) is 4.90 Å². The number of hydrogen-bond acceptors (Lipinski definition) is 1. The molecular weight excluding hydrogens is 198 g/mol. The van der Waals surface area contributed by atoms with Crippen molar-refractivity contribution >= 4 is 8.07 Å². The number of rotatable bonds is 3. The minimum absolute atomic E-state index is 0.711. The van der Waals surface area contributed by atoms with Crippen LogP contribution in [0.15, 0.2) is 30.3 Å². The third kappa shape index (κ3) is 2.01. The summed E-state index contributed by atoms with van der Waals surface area (Å²) in [4.78, 5) is 2.64. The van der Waals surface area contributed by atoms with Gasteiger partial charge in [-0.2, -0.15) is 0 Å². The smallest absolute Gasteiger partial charge is 0.0663 e. The van der Waals surface area contributed by atoms with Crippen LogP contribution in [0.25, 0.3) is 0 Å². The van der Waals surface area contributed by atoms with Crippen LogP contribution in [-0.4, -0.2) is 25.2 Å². The van der Waals surface area contributed by atoms with Crippen molar-refractivity contribution in [1.29, 1.82) is 0 Å². The zero-order chi connectivity index (χ0) is 11.1. The van der Waals surface area contributed by atoms with Gasteiger partial charge in [-0.3, -0.25) is 4.90 Å². The summed E-state index contributed by atoms with van der Waals surface area (Å²) < 4.78 is 0. The van der Waals surface area contributed by atoms with Crippen molar-refractivity contribution in [3.8, 4) is 0 Å². The molecule has 2 rings (SSSR count). The van der Waals surface area contributed by atoms with E-state index in [9.17, 15) is 0 Å². The SMILES string of the molecule is CCN1[C@H]([Si](C)(C)C)[C@@H]1c1ccccc1. The van der Waals surface area contributed by atoms with Gasteiger partial charge >= 0.3 is 0 Å². The lowest BCUT2D eigenvalue weighted by molar-refractivity contribution is 0.532. The zero-order valence-electron chi connectivity index (χ0n) is 10.2. The van der Waals surface area contributed by atoms with Gasteiger partial charge in [-0.05, 0) is 12.1 Å². The highest BCUT2D eigenvalue weighted by Gasteiger charge is 2.53. The average molecular weight is 219 g/mol. The highest BCUT2D eigenvalue weighted by atomic mass is 28.3. The van der Waals surface area contributed by atoms with Crippen molar-refractivity contribution in [2.75, 3.05) is 6.54 Å². The first-order chi connectivity index (χ1) is 7.05. The Morgan fingerprint density at radius 3 is 2.13 bits per heavy atom. The van der Waals surface area contributed by atoms with Gasteiger partial charge in [-0.25, -0.2) is 0 Å². The van der Waals surface area contributed by atoms with Crippen molar-refractivity contribution in [2.45, 2.75) is 38.3 Å². The van der Waals surface area contributed by atoms with E-state index in [4.69, 9.17) is 0 Å². The fraction of sp³-hybridized carbons (Fsp3) is 0.538. The molecule has 1 saturated heterocycles. The quantitative estimate of drug-likeness (QED) is 0.557.